The molecule has 0 aromatic heterocycles. The molecule has 0 spiro atoms. The first-order chi connectivity index (χ1) is 7.05. The maximum atomic E-state index is 11.6. The minimum absolute atomic E-state index is 0.176. The highest BCUT2D eigenvalue weighted by molar-refractivity contribution is 5.89. The second-order valence-electron chi connectivity index (χ2n) is 4.13. The highest BCUT2D eigenvalue weighted by atomic mass is 16.5. The Kier molecular flexibility index (Phi) is 3.67. The molecule has 80 valence electrons. The highest BCUT2D eigenvalue weighted by Gasteiger charge is 2.16. The van der Waals surface area contributed by atoms with E-state index in [0.29, 0.717) is 12.2 Å². The van der Waals surface area contributed by atoms with Crippen LogP contribution >= 0.6 is 0 Å². The van der Waals surface area contributed by atoms with E-state index in [1.807, 2.05) is 32.0 Å². The molecule has 0 aliphatic heterocycles. The van der Waals surface area contributed by atoms with Crippen LogP contribution in [0.2, 0.25) is 0 Å². The number of carbonyl (C=O) groups is 1. The lowest BCUT2D eigenvalue weighted by Gasteiger charge is -2.19. The van der Waals surface area contributed by atoms with Crippen molar-refractivity contribution in [3.8, 4) is 0 Å². The summed E-state index contributed by atoms with van der Waals surface area (Å²) in [5.74, 6) is -0.287. The molecule has 0 heterocycles. The van der Waals surface area contributed by atoms with Gasteiger partial charge in [-0.1, -0.05) is 38.1 Å². The Balaban J connectivity index is 2.55. The van der Waals surface area contributed by atoms with Crippen LogP contribution < -0.4 is 0 Å². The predicted molar refractivity (Wildman–Crippen MR) is 60.7 cm³/mol. The van der Waals surface area contributed by atoms with Crippen LogP contribution in [0.4, 0.5) is 0 Å². The topological polar surface area (TPSA) is 26.3 Å². The van der Waals surface area contributed by atoms with E-state index in [4.69, 9.17) is 4.74 Å². The number of ether oxygens (including phenoxy) is 1. The zero-order valence-corrected chi connectivity index (χ0v) is 9.19. The molecule has 15 heavy (non-hydrogen) atoms. The van der Waals surface area contributed by atoms with Gasteiger partial charge < -0.3 is 4.74 Å². The first kappa shape index (κ1) is 11.5. The number of rotatable bonds is 4. The average Bonchev–Trinajstić information content (AvgIpc) is 2.27. The van der Waals surface area contributed by atoms with Crippen molar-refractivity contribution in [3.63, 3.8) is 0 Å². The molecule has 0 radical (unpaired) electrons. The first-order valence-corrected chi connectivity index (χ1v) is 4.91. The van der Waals surface area contributed by atoms with Crippen LogP contribution in [0.15, 0.2) is 43.0 Å². The summed E-state index contributed by atoms with van der Waals surface area (Å²) >= 11 is 0. The fraction of sp³-hybridized carbons (Fsp3) is 0.308. The van der Waals surface area contributed by atoms with Gasteiger partial charge in [-0.05, 0) is 12.1 Å². The molecule has 0 aliphatic rings. The third-order valence-corrected chi connectivity index (χ3v) is 2.14. The van der Waals surface area contributed by atoms with Crippen LogP contribution in [0.1, 0.15) is 24.2 Å². The van der Waals surface area contributed by atoms with Gasteiger partial charge in [0, 0.05) is 5.41 Å². The lowest BCUT2D eigenvalue weighted by molar-refractivity contribution is 0.0400. The Labute approximate surface area is 90.6 Å². The molecule has 0 bridgehead atoms. The smallest absolute Gasteiger partial charge is 0.338 e. The molecule has 0 amide bonds. The van der Waals surface area contributed by atoms with Crippen molar-refractivity contribution in [1.29, 1.82) is 0 Å². The first-order valence-electron chi connectivity index (χ1n) is 4.91. The largest absolute Gasteiger partial charge is 0.461 e. The van der Waals surface area contributed by atoms with Crippen LogP contribution in [0.5, 0.6) is 0 Å². The SMILES string of the molecule is C=CC(C)(C)COC(=O)c1ccccc1. The van der Waals surface area contributed by atoms with Gasteiger partial charge in [0.1, 0.15) is 6.61 Å². The molecule has 0 saturated heterocycles. The van der Waals surface area contributed by atoms with Crippen LogP contribution in [-0.4, -0.2) is 12.6 Å². The van der Waals surface area contributed by atoms with Crippen LogP contribution in [0, 0.1) is 5.41 Å². The Bertz CT molecular complexity index is 339. The molecular weight excluding hydrogens is 188 g/mol. The average molecular weight is 204 g/mol. The molecule has 0 unspecified atom stereocenters. The highest BCUT2D eigenvalue weighted by Crippen LogP contribution is 2.17. The molecule has 0 aliphatic carbocycles. The van der Waals surface area contributed by atoms with Crippen molar-refractivity contribution in [2.75, 3.05) is 6.61 Å². The number of benzene rings is 1. The summed E-state index contributed by atoms with van der Waals surface area (Å²) in [6, 6.07) is 8.97. The minimum Gasteiger partial charge on any atom is -0.461 e. The molecular formula is C13H16O2. The van der Waals surface area contributed by atoms with E-state index in [1.165, 1.54) is 0 Å². The number of hydrogen-bond donors (Lipinski definition) is 0. The van der Waals surface area contributed by atoms with Gasteiger partial charge in [0.25, 0.3) is 0 Å². The van der Waals surface area contributed by atoms with Gasteiger partial charge >= 0.3 is 5.97 Å². The van der Waals surface area contributed by atoms with Gasteiger partial charge in [-0.15, -0.1) is 6.58 Å². The molecule has 0 saturated carbocycles. The summed E-state index contributed by atoms with van der Waals surface area (Å²) < 4.78 is 5.17. The van der Waals surface area contributed by atoms with Gasteiger partial charge in [0.05, 0.1) is 5.56 Å². The van der Waals surface area contributed by atoms with Gasteiger partial charge in [0.15, 0.2) is 0 Å². The lowest BCUT2D eigenvalue weighted by Crippen LogP contribution is -2.19. The summed E-state index contributed by atoms with van der Waals surface area (Å²) in [5, 5.41) is 0. The van der Waals surface area contributed by atoms with E-state index in [1.54, 1.807) is 18.2 Å². The second kappa shape index (κ2) is 4.78. The van der Waals surface area contributed by atoms with Gasteiger partial charge in [-0.2, -0.15) is 0 Å². The van der Waals surface area contributed by atoms with Gasteiger partial charge in [-0.3, -0.25) is 0 Å². The monoisotopic (exact) mass is 204 g/mol. The van der Waals surface area contributed by atoms with E-state index in [0.717, 1.165) is 0 Å². The molecule has 1 aromatic rings. The van der Waals surface area contributed by atoms with E-state index in [-0.39, 0.29) is 11.4 Å². The fourth-order valence-corrected chi connectivity index (χ4v) is 0.968. The Morgan fingerprint density at radius 1 is 1.40 bits per heavy atom. The predicted octanol–water partition coefficient (Wildman–Crippen LogP) is 3.06. The summed E-state index contributed by atoms with van der Waals surface area (Å²) in [6.45, 7) is 7.98. The molecule has 2 heteroatoms. The third kappa shape index (κ3) is 3.58. The summed E-state index contributed by atoms with van der Waals surface area (Å²) in [6.07, 6.45) is 1.78. The van der Waals surface area contributed by atoms with Crippen molar-refractivity contribution in [2.45, 2.75) is 13.8 Å². The summed E-state index contributed by atoms with van der Waals surface area (Å²) in [7, 11) is 0. The van der Waals surface area contributed by atoms with Crippen LogP contribution in [0.3, 0.4) is 0 Å². The molecule has 0 atom stereocenters. The van der Waals surface area contributed by atoms with E-state index >= 15 is 0 Å². The number of hydrogen-bond acceptors (Lipinski definition) is 2. The Morgan fingerprint density at radius 3 is 2.53 bits per heavy atom. The molecule has 2 nitrogen and oxygen atoms in total. The van der Waals surface area contributed by atoms with E-state index in [9.17, 15) is 4.79 Å². The normalized spacial score (nSPS) is 10.8. The van der Waals surface area contributed by atoms with Crippen molar-refractivity contribution in [2.24, 2.45) is 5.41 Å². The standard InChI is InChI=1S/C13H16O2/c1-4-13(2,3)10-15-12(14)11-8-6-5-7-9-11/h4-9H,1,10H2,2-3H3. The number of carbonyl (C=O) groups excluding carboxylic acids is 1. The van der Waals surface area contributed by atoms with E-state index in [2.05, 4.69) is 6.58 Å². The summed E-state index contributed by atoms with van der Waals surface area (Å²) in [4.78, 5) is 11.6. The minimum atomic E-state index is -0.287. The molecule has 1 rings (SSSR count). The number of esters is 1. The van der Waals surface area contributed by atoms with Crippen molar-refractivity contribution >= 4 is 5.97 Å². The van der Waals surface area contributed by atoms with E-state index < -0.39 is 0 Å². The maximum absolute atomic E-state index is 11.6. The third-order valence-electron chi connectivity index (χ3n) is 2.14. The van der Waals surface area contributed by atoms with Crippen molar-refractivity contribution in [3.05, 3.63) is 48.6 Å². The fourth-order valence-electron chi connectivity index (χ4n) is 0.968. The van der Waals surface area contributed by atoms with Gasteiger partial charge in [-0.25, -0.2) is 4.79 Å². The van der Waals surface area contributed by atoms with Crippen LogP contribution in [-0.2, 0) is 4.74 Å². The molecule has 0 N–H and O–H groups in total. The Morgan fingerprint density at radius 2 is 2.00 bits per heavy atom. The maximum Gasteiger partial charge on any atom is 0.338 e. The molecule has 0 fully saturated rings. The summed E-state index contributed by atoms with van der Waals surface area (Å²) in [5.41, 5.74) is 0.405. The lowest BCUT2D eigenvalue weighted by atomic mass is 9.95. The zero-order valence-electron chi connectivity index (χ0n) is 9.19. The van der Waals surface area contributed by atoms with Crippen molar-refractivity contribution < 1.29 is 9.53 Å². The Hall–Kier alpha value is -1.57. The van der Waals surface area contributed by atoms with Gasteiger partial charge in [0.2, 0.25) is 0 Å². The van der Waals surface area contributed by atoms with Crippen molar-refractivity contribution in [1.82, 2.24) is 0 Å². The second-order valence-corrected chi connectivity index (χ2v) is 4.13. The molecule has 1 aromatic carbocycles. The quantitative estimate of drug-likeness (QED) is 0.556. The van der Waals surface area contributed by atoms with Crippen LogP contribution in [0.25, 0.3) is 0 Å². The zero-order chi connectivity index (χ0) is 11.3.